The summed E-state index contributed by atoms with van der Waals surface area (Å²) in [5, 5.41) is 8.36. The summed E-state index contributed by atoms with van der Waals surface area (Å²) in [4.78, 5) is 0. The third-order valence-electron chi connectivity index (χ3n) is 1.24. The molecule has 0 bridgehead atoms. The summed E-state index contributed by atoms with van der Waals surface area (Å²) >= 11 is 0. The number of unbranched alkanes of at least 4 members (excludes halogenated alkanes) is 2. The van der Waals surface area contributed by atoms with Crippen LogP contribution in [-0.2, 0) is 4.74 Å². The van der Waals surface area contributed by atoms with E-state index in [0.717, 1.165) is 26.1 Å². The third kappa shape index (κ3) is 7.92. The van der Waals surface area contributed by atoms with E-state index in [1.807, 2.05) is 6.42 Å². The molecule has 0 atom stereocenters. The number of aliphatic hydroxyl groups is 1. The van der Waals surface area contributed by atoms with Crippen LogP contribution in [0.5, 0.6) is 0 Å². The molecule has 0 spiro atoms. The maximum Gasteiger partial charge on any atom is 0.0469 e. The third-order valence-corrected chi connectivity index (χ3v) is 1.24. The number of aliphatic hydroxyl groups excluding tert-OH is 1. The molecule has 0 rings (SSSR count). The maximum atomic E-state index is 8.36. The first kappa shape index (κ1) is 9.92. The van der Waals surface area contributed by atoms with Gasteiger partial charge in [-0.15, -0.1) is 0 Å². The maximum absolute atomic E-state index is 8.36. The van der Waals surface area contributed by atoms with Crippen molar-refractivity contribution in [1.82, 2.24) is 0 Å². The normalized spacial score (nSPS) is 10.2. The minimum absolute atomic E-state index is 0.164. The lowest BCUT2D eigenvalue weighted by molar-refractivity contribution is 0.131. The van der Waals surface area contributed by atoms with Crippen molar-refractivity contribution in [3.8, 4) is 0 Å². The largest absolute Gasteiger partial charge is 0.396 e. The highest BCUT2D eigenvalue weighted by Gasteiger charge is 1.87. The van der Waals surface area contributed by atoms with Crippen LogP contribution in [0.1, 0.15) is 26.2 Å². The summed E-state index contributed by atoms with van der Waals surface area (Å²) < 4.78 is 5.23. The van der Waals surface area contributed by atoms with Crippen molar-refractivity contribution in [2.45, 2.75) is 26.2 Å². The van der Waals surface area contributed by atoms with Crippen LogP contribution < -0.4 is 0 Å². The molecule has 0 aliphatic carbocycles. The highest BCUT2D eigenvalue weighted by molar-refractivity contribution is 4.59. The van der Waals surface area contributed by atoms with Crippen LogP contribution in [0.15, 0.2) is 0 Å². The summed E-state index contributed by atoms with van der Waals surface area (Å²) in [6.45, 7) is 3.91. The molecule has 2 nitrogen and oxygen atoms in total. The zero-order chi connectivity index (χ0) is 7.66. The van der Waals surface area contributed by atoms with Crippen LogP contribution in [0, 0.1) is 6.42 Å². The van der Waals surface area contributed by atoms with E-state index in [0.29, 0.717) is 0 Å². The summed E-state index contributed by atoms with van der Waals surface area (Å²) in [5.41, 5.74) is 0. The fourth-order valence-corrected chi connectivity index (χ4v) is 0.606. The van der Waals surface area contributed by atoms with Crippen LogP contribution in [0.25, 0.3) is 0 Å². The van der Waals surface area contributed by atoms with Gasteiger partial charge in [-0.05, 0) is 19.3 Å². The average Bonchev–Trinajstić information content (AvgIpc) is 1.97. The number of hydrogen-bond donors (Lipinski definition) is 1. The fourth-order valence-electron chi connectivity index (χ4n) is 0.606. The quantitative estimate of drug-likeness (QED) is 0.548. The molecule has 1 radical (unpaired) electrons. The van der Waals surface area contributed by atoms with Crippen molar-refractivity contribution in [2.75, 3.05) is 19.8 Å². The number of rotatable bonds is 7. The minimum atomic E-state index is 0.164. The lowest BCUT2D eigenvalue weighted by atomic mass is 10.3. The average molecular weight is 145 g/mol. The van der Waals surface area contributed by atoms with Gasteiger partial charge >= 0.3 is 0 Å². The van der Waals surface area contributed by atoms with Gasteiger partial charge in [0, 0.05) is 19.8 Å². The molecular formula is C8H17O2. The van der Waals surface area contributed by atoms with Crippen molar-refractivity contribution in [3.63, 3.8) is 0 Å². The van der Waals surface area contributed by atoms with Gasteiger partial charge in [0.15, 0.2) is 0 Å². The Hall–Kier alpha value is -0.0800. The zero-order valence-electron chi connectivity index (χ0n) is 6.68. The first-order chi connectivity index (χ1) is 4.91. The molecule has 61 valence electrons. The van der Waals surface area contributed by atoms with E-state index in [1.54, 1.807) is 0 Å². The molecule has 0 unspecified atom stereocenters. The van der Waals surface area contributed by atoms with E-state index in [2.05, 4.69) is 6.92 Å². The van der Waals surface area contributed by atoms with E-state index >= 15 is 0 Å². The minimum Gasteiger partial charge on any atom is -0.396 e. The van der Waals surface area contributed by atoms with Gasteiger partial charge in [0.05, 0.1) is 0 Å². The van der Waals surface area contributed by atoms with E-state index in [4.69, 9.17) is 9.84 Å². The Morgan fingerprint density at radius 1 is 1.40 bits per heavy atom. The summed E-state index contributed by atoms with van der Waals surface area (Å²) in [6.07, 6.45) is 5.00. The van der Waals surface area contributed by atoms with Crippen LogP contribution in [0.2, 0.25) is 0 Å². The lowest BCUT2D eigenvalue weighted by Gasteiger charge is -2.00. The Morgan fingerprint density at radius 3 is 2.80 bits per heavy atom. The molecule has 0 saturated heterocycles. The molecule has 0 saturated carbocycles. The van der Waals surface area contributed by atoms with E-state index in [9.17, 15) is 0 Å². The van der Waals surface area contributed by atoms with Gasteiger partial charge in [-0.2, -0.15) is 0 Å². The van der Waals surface area contributed by atoms with Gasteiger partial charge < -0.3 is 9.84 Å². The molecule has 0 aliphatic heterocycles. The Balaban J connectivity index is 2.65. The Kier molecular flexibility index (Phi) is 8.85. The second-order valence-electron chi connectivity index (χ2n) is 2.23. The van der Waals surface area contributed by atoms with Crippen LogP contribution in [-0.4, -0.2) is 24.9 Å². The Bertz CT molecular complexity index is 47.2. The molecule has 0 aliphatic rings. The Morgan fingerprint density at radius 2 is 2.20 bits per heavy atom. The first-order valence-corrected chi connectivity index (χ1v) is 3.92. The predicted molar refractivity (Wildman–Crippen MR) is 41.7 cm³/mol. The van der Waals surface area contributed by atoms with Gasteiger partial charge in [0.2, 0.25) is 0 Å². The molecule has 1 N–H and O–H groups in total. The number of hydrogen-bond acceptors (Lipinski definition) is 2. The molecule has 0 amide bonds. The number of ether oxygens (including phenoxy) is 1. The predicted octanol–water partition coefficient (Wildman–Crippen LogP) is 1.39. The molecule has 0 fully saturated rings. The van der Waals surface area contributed by atoms with Gasteiger partial charge in [-0.25, -0.2) is 0 Å². The summed E-state index contributed by atoms with van der Waals surface area (Å²) in [5.74, 6) is 0. The highest BCUT2D eigenvalue weighted by atomic mass is 16.5. The molecule has 0 aromatic carbocycles. The Labute approximate surface area is 63.2 Å². The molecule has 0 aromatic heterocycles. The SMILES string of the molecule is CCCCOCC[CH]CO. The van der Waals surface area contributed by atoms with E-state index < -0.39 is 0 Å². The van der Waals surface area contributed by atoms with Crippen molar-refractivity contribution in [1.29, 1.82) is 0 Å². The van der Waals surface area contributed by atoms with Crippen molar-refractivity contribution >= 4 is 0 Å². The molecule has 2 heteroatoms. The second kappa shape index (κ2) is 8.92. The second-order valence-corrected chi connectivity index (χ2v) is 2.23. The van der Waals surface area contributed by atoms with Gasteiger partial charge in [-0.1, -0.05) is 13.3 Å². The highest BCUT2D eigenvalue weighted by Crippen LogP contribution is 1.91. The lowest BCUT2D eigenvalue weighted by Crippen LogP contribution is -1.97. The monoisotopic (exact) mass is 145 g/mol. The van der Waals surface area contributed by atoms with Crippen LogP contribution in [0.4, 0.5) is 0 Å². The van der Waals surface area contributed by atoms with Gasteiger partial charge in [0.25, 0.3) is 0 Å². The van der Waals surface area contributed by atoms with Crippen LogP contribution >= 0.6 is 0 Å². The summed E-state index contributed by atoms with van der Waals surface area (Å²) in [6, 6.07) is 0. The zero-order valence-corrected chi connectivity index (χ0v) is 6.68. The van der Waals surface area contributed by atoms with Crippen LogP contribution in [0.3, 0.4) is 0 Å². The van der Waals surface area contributed by atoms with E-state index in [1.165, 1.54) is 6.42 Å². The fraction of sp³-hybridized carbons (Fsp3) is 0.875. The standard InChI is InChI=1S/C8H17O2/c1-2-3-7-10-8-5-4-6-9/h4,9H,2-3,5-8H2,1H3. The van der Waals surface area contributed by atoms with Gasteiger partial charge in [-0.3, -0.25) is 0 Å². The summed E-state index contributed by atoms with van der Waals surface area (Å²) in [7, 11) is 0. The smallest absolute Gasteiger partial charge is 0.0469 e. The molecule has 0 aromatic rings. The molecule has 0 heterocycles. The van der Waals surface area contributed by atoms with Crippen molar-refractivity contribution < 1.29 is 9.84 Å². The van der Waals surface area contributed by atoms with E-state index in [-0.39, 0.29) is 6.61 Å². The molecular weight excluding hydrogens is 128 g/mol. The first-order valence-electron chi connectivity index (χ1n) is 3.92. The molecule has 10 heavy (non-hydrogen) atoms. The van der Waals surface area contributed by atoms with Crippen molar-refractivity contribution in [2.24, 2.45) is 0 Å². The topological polar surface area (TPSA) is 29.5 Å². The van der Waals surface area contributed by atoms with Gasteiger partial charge in [0.1, 0.15) is 0 Å². The van der Waals surface area contributed by atoms with Crippen molar-refractivity contribution in [3.05, 3.63) is 6.42 Å².